The fourth-order valence-electron chi connectivity index (χ4n) is 3.06. The highest BCUT2D eigenvalue weighted by Crippen LogP contribution is 2.25. The third-order valence-electron chi connectivity index (χ3n) is 4.79. The SMILES string of the molecule is CC(=O)c1ccc(OCc2ccc(C(=O)Nc3ccn(Cc4c(Cl)cccc4Cl)n3)o2)cc1. The largest absolute Gasteiger partial charge is 0.486 e. The summed E-state index contributed by atoms with van der Waals surface area (Å²) in [6, 6.07) is 17.0. The van der Waals surface area contributed by atoms with E-state index in [1.807, 2.05) is 0 Å². The number of benzene rings is 2. The van der Waals surface area contributed by atoms with Gasteiger partial charge in [0.05, 0.1) is 6.54 Å². The van der Waals surface area contributed by atoms with Crippen molar-refractivity contribution in [3.05, 3.63) is 99.6 Å². The first kappa shape index (κ1) is 22.6. The quantitative estimate of drug-likeness (QED) is 0.317. The van der Waals surface area contributed by atoms with Crippen LogP contribution >= 0.6 is 23.2 Å². The number of ketones is 1. The predicted molar refractivity (Wildman–Crippen MR) is 125 cm³/mol. The van der Waals surface area contributed by atoms with Gasteiger partial charge >= 0.3 is 0 Å². The molecule has 2 aromatic carbocycles. The van der Waals surface area contributed by atoms with Gasteiger partial charge in [-0.1, -0.05) is 29.3 Å². The molecule has 0 spiro atoms. The maximum absolute atomic E-state index is 12.5. The number of hydrogen-bond donors (Lipinski definition) is 1. The zero-order valence-electron chi connectivity index (χ0n) is 17.5. The third kappa shape index (κ3) is 5.63. The lowest BCUT2D eigenvalue weighted by molar-refractivity contribution is 0.0990. The molecular formula is C24H19Cl2N3O4. The minimum atomic E-state index is -0.437. The van der Waals surface area contributed by atoms with Crippen LogP contribution in [0, 0.1) is 0 Å². The van der Waals surface area contributed by atoms with Crippen LogP contribution < -0.4 is 10.1 Å². The van der Waals surface area contributed by atoms with E-state index in [1.54, 1.807) is 71.5 Å². The van der Waals surface area contributed by atoms with Crippen molar-refractivity contribution in [2.24, 2.45) is 0 Å². The molecule has 4 rings (SSSR count). The summed E-state index contributed by atoms with van der Waals surface area (Å²) in [5.41, 5.74) is 1.35. The van der Waals surface area contributed by atoms with E-state index in [0.717, 1.165) is 5.56 Å². The summed E-state index contributed by atoms with van der Waals surface area (Å²) in [5, 5.41) is 8.12. The number of hydrogen-bond acceptors (Lipinski definition) is 5. The molecule has 1 amide bonds. The van der Waals surface area contributed by atoms with Crippen molar-refractivity contribution in [3.63, 3.8) is 0 Å². The number of ether oxygens (including phenoxy) is 1. The van der Waals surface area contributed by atoms with E-state index in [4.69, 9.17) is 32.4 Å². The van der Waals surface area contributed by atoms with E-state index in [9.17, 15) is 9.59 Å². The Morgan fingerprint density at radius 2 is 1.76 bits per heavy atom. The molecule has 9 heteroatoms. The standard InChI is InChI=1S/C24H19Cl2N3O4/c1-15(30)16-5-7-17(8-6-16)32-14-18-9-10-22(33-18)24(31)27-23-11-12-29(28-23)13-19-20(25)3-2-4-21(19)26/h2-12H,13-14H2,1H3,(H,27,28,31). The summed E-state index contributed by atoms with van der Waals surface area (Å²) in [4.78, 5) is 23.8. The first-order valence-electron chi connectivity index (χ1n) is 9.99. The Morgan fingerprint density at radius 3 is 2.45 bits per heavy atom. The van der Waals surface area contributed by atoms with Gasteiger partial charge in [-0.05, 0) is 55.5 Å². The first-order chi connectivity index (χ1) is 15.9. The van der Waals surface area contributed by atoms with Crippen molar-refractivity contribution in [2.45, 2.75) is 20.1 Å². The molecule has 1 N–H and O–H groups in total. The van der Waals surface area contributed by atoms with Gasteiger partial charge in [0.1, 0.15) is 18.1 Å². The van der Waals surface area contributed by atoms with Crippen LogP contribution in [0.3, 0.4) is 0 Å². The summed E-state index contributed by atoms with van der Waals surface area (Å²) >= 11 is 12.4. The van der Waals surface area contributed by atoms with Crippen LogP contribution in [0.1, 0.15) is 39.2 Å². The number of carbonyl (C=O) groups excluding carboxylic acids is 2. The predicted octanol–water partition coefficient (Wildman–Crippen LogP) is 5.87. The van der Waals surface area contributed by atoms with Gasteiger partial charge in [-0.3, -0.25) is 14.3 Å². The second-order valence-electron chi connectivity index (χ2n) is 7.19. The molecule has 0 saturated carbocycles. The number of Topliss-reactive ketones (excluding diaryl/α,β-unsaturated/α-hetero) is 1. The van der Waals surface area contributed by atoms with Crippen LogP contribution in [0.2, 0.25) is 10.0 Å². The van der Waals surface area contributed by atoms with Crippen LogP contribution in [0.4, 0.5) is 5.82 Å². The Hall–Kier alpha value is -3.55. The lowest BCUT2D eigenvalue weighted by Crippen LogP contribution is -2.12. The molecule has 0 unspecified atom stereocenters. The van der Waals surface area contributed by atoms with Crippen LogP contribution in [-0.2, 0) is 13.2 Å². The molecule has 0 bridgehead atoms. The molecule has 168 valence electrons. The lowest BCUT2D eigenvalue weighted by atomic mass is 10.1. The molecule has 0 fully saturated rings. The Labute approximate surface area is 199 Å². The molecule has 2 aromatic heterocycles. The smallest absolute Gasteiger partial charge is 0.292 e. The number of nitrogens with zero attached hydrogens (tertiary/aromatic N) is 2. The highest BCUT2D eigenvalue weighted by molar-refractivity contribution is 6.35. The molecule has 33 heavy (non-hydrogen) atoms. The van der Waals surface area contributed by atoms with Crippen molar-refractivity contribution in [2.75, 3.05) is 5.32 Å². The van der Waals surface area contributed by atoms with E-state index >= 15 is 0 Å². The number of halogens is 2. The molecule has 7 nitrogen and oxygen atoms in total. The minimum Gasteiger partial charge on any atom is -0.486 e. The van der Waals surface area contributed by atoms with Crippen molar-refractivity contribution in [1.29, 1.82) is 0 Å². The van der Waals surface area contributed by atoms with Gasteiger partial charge in [-0.15, -0.1) is 0 Å². The molecule has 0 radical (unpaired) electrons. The molecule has 0 aliphatic carbocycles. The summed E-state index contributed by atoms with van der Waals surface area (Å²) in [7, 11) is 0. The average molecular weight is 484 g/mol. The maximum atomic E-state index is 12.5. The third-order valence-corrected chi connectivity index (χ3v) is 5.50. The summed E-state index contributed by atoms with van der Waals surface area (Å²) in [6.07, 6.45) is 1.72. The number of anilines is 1. The monoisotopic (exact) mass is 483 g/mol. The van der Waals surface area contributed by atoms with Crippen LogP contribution in [0.5, 0.6) is 5.75 Å². The minimum absolute atomic E-state index is 0.0132. The van der Waals surface area contributed by atoms with E-state index in [0.29, 0.717) is 39.5 Å². The fraction of sp³-hybridized carbons (Fsp3) is 0.125. The number of amides is 1. The second kappa shape index (κ2) is 9.94. The highest BCUT2D eigenvalue weighted by Gasteiger charge is 2.14. The Balaban J connectivity index is 1.34. The number of carbonyl (C=O) groups is 2. The van der Waals surface area contributed by atoms with Gasteiger partial charge in [0.2, 0.25) is 0 Å². The average Bonchev–Trinajstić information content (AvgIpc) is 3.45. The fourth-order valence-corrected chi connectivity index (χ4v) is 3.57. The topological polar surface area (TPSA) is 86.4 Å². The second-order valence-corrected chi connectivity index (χ2v) is 8.00. The van der Waals surface area contributed by atoms with Gasteiger partial charge < -0.3 is 14.5 Å². The summed E-state index contributed by atoms with van der Waals surface area (Å²) in [6.45, 7) is 2.01. The summed E-state index contributed by atoms with van der Waals surface area (Å²) < 4.78 is 12.8. The normalized spacial score (nSPS) is 10.8. The molecule has 0 atom stereocenters. The first-order valence-corrected chi connectivity index (χ1v) is 10.7. The molecule has 4 aromatic rings. The number of nitrogens with one attached hydrogen (secondary N) is 1. The van der Waals surface area contributed by atoms with Gasteiger partial charge in [-0.25, -0.2) is 0 Å². The van der Waals surface area contributed by atoms with Crippen LogP contribution in [0.15, 0.2) is 71.3 Å². The van der Waals surface area contributed by atoms with E-state index in [-0.39, 0.29) is 18.2 Å². The molecule has 0 aliphatic rings. The zero-order chi connectivity index (χ0) is 23.4. The molecule has 0 aliphatic heterocycles. The van der Waals surface area contributed by atoms with Gasteiger partial charge in [0, 0.05) is 33.4 Å². The Kier molecular flexibility index (Phi) is 6.82. The maximum Gasteiger partial charge on any atom is 0.292 e. The zero-order valence-corrected chi connectivity index (χ0v) is 19.1. The highest BCUT2D eigenvalue weighted by atomic mass is 35.5. The van der Waals surface area contributed by atoms with Crippen LogP contribution in [0.25, 0.3) is 0 Å². The number of rotatable bonds is 8. The Morgan fingerprint density at radius 1 is 1.03 bits per heavy atom. The van der Waals surface area contributed by atoms with E-state index in [2.05, 4.69) is 10.4 Å². The van der Waals surface area contributed by atoms with E-state index in [1.165, 1.54) is 6.92 Å². The van der Waals surface area contributed by atoms with Crippen molar-refractivity contribution in [1.82, 2.24) is 9.78 Å². The molecule has 0 saturated heterocycles. The van der Waals surface area contributed by atoms with Crippen molar-refractivity contribution < 1.29 is 18.7 Å². The van der Waals surface area contributed by atoms with Crippen molar-refractivity contribution in [3.8, 4) is 5.75 Å². The molecule has 2 heterocycles. The van der Waals surface area contributed by atoms with Gasteiger partial charge in [-0.2, -0.15) is 5.10 Å². The lowest BCUT2D eigenvalue weighted by Gasteiger charge is -2.07. The van der Waals surface area contributed by atoms with Crippen LogP contribution in [-0.4, -0.2) is 21.5 Å². The summed E-state index contributed by atoms with van der Waals surface area (Å²) in [5.74, 6) is 1.11. The van der Waals surface area contributed by atoms with Gasteiger partial charge in [0.25, 0.3) is 5.91 Å². The van der Waals surface area contributed by atoms with E-state index < -0.39 is 5.91 Å². The Bertz CT molecular complexity index is 1280. The molecular weight excluding hydrogens is 465 g/mol. The number of furan rings is 1. The van der Waals surface area contributed by atoms with Crippen molar-refractivity contribution >= 4 is 40.7 Å². The number of aromatic nitrogens is 2. The van der Waals surface area contributed by atoms with Gasteiger partial charge in [0.15, 0.2) is 17.4 Å².